The highest BCUT2D eigenvalue weighted by molar-refractivity contribution is 5.89. The summed E-state index contributed by atoms with van der Waals surface area (Å²) in [6, 6.07) is 16.6. The molecule has 164 valence electrons. The summed E-state index contributed by atoms with van der Waals surface area (Å²) in [7, 11) is 0. The monoisotopic (exact) mass is 424 g/mol. The van der Waals surface area contributed by atoms with Crippen LogP contribution in [-0.2, 0) is 20.9 Å². The van der Waals surface area contributed by atoms with Gasteiger partial charge in [-0.3, -0.25) is 4.79 Å². The summed E-state index contributed by atoms with van der Waals surface area (Å²) in [6.45, 7) is 3.58. The summed E-state index contributed by atoms with van der Waals surface area (Å²) >= 11 is 0. The molecule has 2 aromatic carbocycles. The molecule has 0 radical (unpaired) electrons. The van der Waals surface area contributed by atoms with Crippen LogP contribution in [0.2, 0.25) is 0 Å². The van der Waals surface area contributed by atoms with Gasteiger partial charge in [-0.25, -0.2) is 9.59 Å². The number of carboxylic acids is 1. The minimum Gasteiger partial charge on any atom is -0.480 e. The van der Waals surface area contributed by atoms with Crippen molar-refractivity contribution in [2.75, 3.05) is 0 Å². The summed E-state index contributed by atoms with van der Waals surface area (Å²) in [4.78, 5) is 36.4. The van der Waals surface area contributed by atoms with E-state index in [0.29, 0.717) is 0 Å². The lowest BCUT2D eigenvalue weighted by atomic mass is 10.0. The lowest BCUT2D eigenvalue weighted by molar-refractivity contribution is -0.142. The second kappa shape index (κ2) is 12.2. The van der Waals surface area contributed by atoms with Gasteiger partial charge in [-0.1, -0.05) is 86.7 Å². The van der Waals surface area contributed by atoms with E-state index in [1.54, 1.807) is 26.0 Å². The third-order valence-corrected chi connectivity index (χ3v) is 4.53. The molecule has 0 aliphatic carbocycles. The van der Waals surface area contributed by atoms with Crippen molar-refractivity contribution in [3.8, 4) is 0 Å². The Bertz CT molecular complexity index is 881. The minimum atomic E-state index is -1.15. The van der Waals surface area contributed by atoms with E-state index in [1.165, 1.54) is 0 Å². The molecule has 0 saturated carbocycles. The Morgan fingerprint density at radius 2 is 1.58 bits per heavy atom. The van der Waals surface area contributed by atoms with E-state index in [9.17, 15) is 19.5 Å². The first-order valence-electron chi connectivity index (χ1n) is 10.1. The van der Waals surface area contributed by atoms with Crippen LogP contribution in [0.4, 0.5) is 4.79 Å². The summed E-state index contributed by atoms with van der Waals surface area (Å²) in [5, 5.41) is 14.5. The zero-order valence-corrected chi connectivity index (χ0v) is 17.7. The van der Waals surface area contributed by atoms with Crippen LogP contribution in [0.25, 0.3) is 6.08 Å². The Balaban J connectivity index is 1.92. The fourth-order valence-corrected chi connectivity index (χ4v) is 2.81. The highest BCUT2D eigenvalue weighted by Gasteiger charge is 2.28. The van der Waals surface area contributed by atoms with Crippen LogP contribution >= 0.6 is 0 Å². The maximum atomic E-state index is 12.7. The van der Waals surface area contributed by atoms with Crippen LogP contribution < -0.4 is 10.6 Å². The van der Waals surface area contributed by atoms with E-state index >= 15 is 0 Å². The molecule has 0 heterocycles. The third-order valence-electron chi connectivity index (χ3n) is 4.53. The molecule has 0 unspecified atom stereocenters. The molecule has 0 spiro atoms. The van der Waals surface area contributed by atoms with Gasteiger partial charge in [0.25, 0.3) is 0 Å². The minimum absolute atomic E-state index is 0.0706. The zero-order valence-electron chi connectivity index (χ0n) is 17.7. The van der Waals surface area contributed by atoms with Crippen LogP contribution in [0, 0.1) is 5.92 Å². The fraction of sp³-hybridized carbons (Fsp3) is 0.292. The van der Waals surface area contributed by atoms with E-state index in [1.807, 2.05) is 60.7 Å². The molecule has 0 bridgehead atoms. The van der Waals surface area contributed by atoms with Gasteiger partial charge in [0.15, 0.2) is 0 Å². The summed E-state index contributed by atoms with van der Waals surface area (Å²) in [6.07, 6.45) is 2.86. The van der Waals surface area contributed by atoms with Gasteiger partial charge in [0.2, 0.25) is 5.91 Å². The first-order chi connectivity index (χ1) is 14.9. The Hall–Kier alpha value is -3.61. The van der Waals surface area contributed by atoms with Gasteiger partial charge in [0, 0.05) is 0 Å². The van der Waals surface area contributed by atoms with Crippen LogP contribution in [-0.4, -0.2) is 35.2 Å². The number of benzene rings is 2. The lowest BCUT2D eigenvalue weighted by Gasteiger charge is -2.23. The van der Waals surface area contributed by atoms with Gasteiger partial charge in [-0.2, -0.15) is 0 Å². The van der Waals surface area contributed by atoms with Crippen molar-refractivity contribution < 1.29 is 24.2 Å². The van der Waals surface area contributed by atoms with E-state index in [2.05, 4.69) is 10.6 Å². The second-order valence-electron chi connectivity index (χ2n) is 7.38. The van der Waals surface area contributed by atoms with Crippen molar-refractivity contribution in [3.63, 3.8) is 0 Å². The van der Waals surface area contributed by atoms with Crippen molar-refractivity contribution in [3.05, 3.63) is 77.9 Å². The largest absolute Gasteiger partial charge is 0.480 e. The molecule has 0 fully saturated rings. The second-order valence-corrected chi connectivity index (χ2v) is 7.38. The zero-order chi connectivity index (χ0) is 22.6. The van der Waals surface area contributed by atoms with Crippen LogP contribution in [0.3, 0.4) is 0 Å². The Morgan fingerprint density at radius 1 is 0.968 bits per heavy atom. The smallest absolute Gasteiger partial charge is 0.408 e. The summed E-state index contributed by atoms with van der Waals surface area (Å²) < 4.78 is 5.17. The number of carbonyl (C=O) groups excluding carboxylic acids is 2. The third kappa shape index (κ3) is 8.34. The predicted octanol–water partition coefficient (Wildman–Crippen LogP) is 3.61. The number of carboxylic acid groups (broad SMARTS) is 1. The topological polar surface area (TPSA) is 105 Å². The van der Waals surface area contributed by atoms with Crippen LogP contribution in [0.1, 0.15) is 31.4 Å². The molecule has 3 N–H and O–H groups in total. The lowest BCUT2D eigenvalue weighted by Crippen LogP contribution is -2.53. The molecule has 2 aromatic rings. The maximum absolute atomic E-state index is 12.7. The molecule has 31 heavy (non-hydrogen) atoms. The van der Waals surface area contributed by atoms with Crippen molar-refractivity contribution in [2.24, 2.45) is 5.92 Å². The number of aliphatic carboxylic acids is 1. The van der Waals surface area contributed by atoms with E-state index in [4.69, 9.17) is 4.74 Å². The average Bonchev–Trinajstić information content (AvgIpc) is 2.76. The maximum Gasteiger partial charge on any atom is 0.408 e. The van der Waals surface area contributed by atoms with Gasteiger partial charge in [0.05, 0.1) is 0 Å². The average molecular weight is 424 g/mol. The first kappa shape index (κ1) is 23.7. The van der Waals surface area contributed by atoms with Gasteiger partial charge >= 0.3 is 12.1 Å². The number of carbonyl (C=O) groups is 3. The number of ether oxygens (including phenoxy) is 1. The molecule has 7 nitrogen and oxygen atoms in total. The van der Waals surface area contributed by atoms with E-state index in [-0.39, 0.29) is 18.9 Å². The Labute approximate surface area is 182 Å². The fourth-order valence-electron chi connectivity index (χ4n) is 2.81. The molecule has 2 atom stereocenters. The van der Waals surface area contributed by atoms with Crippen molar-refractivity contribution in [1.29, 1.82) is 0 Å². The van der Waals surface area contributed by atoms with Crippen molar-refractivity contribution >= 4 is 24.0 Å². The predicted molar refractivity (Wildman–Crippen MR) is 118 cm³/mol. The number of rotatable bonds is 10. The van der Waals surface area contributed by atoms with Gasteiger partial charge in [0.1, 0.15) is 18.7 Å². The Kier molecular flexibility index (Phi) is 9.29. The molecule has 2 amide bonds. The van der Waals surface area contributed by atoms with Crippen molar-refractivity contribution in [1.82, 2.24) is 10.6 Å². The summed E-state index contributed by atoms with van der Waals surface area (Å²) in [5.41, 5.74) is 1.75. The molecule has 0 saturated heterocycles. The van der Waals surface area contributed by atoms with E-state index < -0.39 is 30.1 Å². The molecular formula is C24H28N2O5. The molecule has 0 aliphatic rings. The van der Waals surface area contributed by atoms with Gasteiger partial charge < -0.3 is 20.5 Å². The molecule has 7 heteroatoms. The molecular weight excluding hydrogens is 396 g/mol. The quantitative estimate of drug-likeness (QED) is 0.540. The normalized spacial score (nSPS) is 12.9. The molecule has 0 aliphatic heterocycles. The number of amides is 2. The van der Waals surface area contributed by atoms with Crippen molar-refractivity contribution in [2.45, 2.75) is 39.0 Å². The highest BCUT2D eigenvalue weighted by atomic mass is 16.5. The number of hydrogen-bond acceptors (Lipinski definition) is 4. The molecule has 0 aromatic heterocycles. The SMILES string of the molecule is CC(C)[C@@H](NC(=O)OCc1ccccc1)C(=O)N[C@H](C/C=C/c1ccccc1)C(=O)O. The standard InChI is InChI=1S/C24H28N2O5/c1-17(2)21(26-24(30)31-16-19-12-7-4-8-13-19)22(27)25-20(23(28)29)15-9-14-18-10-5-3-6-11-18/h3-14,17,20-21H,15-16H2,1-2H3,(H,25,27)(H,26,30)(H,28,29)/b14-9+/t20-,21-/m1/s1. The molecule has 2 rings (SSSR count). The van der Waals surface area contributed by atoms with E-state index in [0.717, 1.165) is 11.1 Å². The first-order valence-corrected chi connectivity index (χ1v) is 10.1. The summed E-state index contributed by atoms with van der Waals surface area (Å²) in [5.74, 6) is -1.99. The number of hydrogen-bond donors (Lipinski definition) is 3. The Morgan fingerprint density at radius 3 is 2.16 bits per heavy atom. The van der Waals surface area contributed by atoms with Gasteiger partial charge in [-0.05, 0) is 23.5 Å². The van der Waals surface area contributed by atoms with Crippen LogP contribution in [0.15, 0.2) is 66.7 Å². The van der Waals surface area contributed by atoms with Crippen LogP contribution in [0.5, 0.6) is 0 Å². The van der Waals surface area contributed by atoms with Gasteiger partial charge in [-0.15, -0.1) is 0 Å². The number of nitrogens with one attached hydrogen (secondary N) is 2. The highest BCUT2D eigenvalue weighted by Crippen LogP contribution is 2.07. The number of alkyl carbamates (subject to hydrolysis) is 1.